The summed E-state index contributed by atoms with van der Waals surface area (Å²) in [6.07, 6.45) is -1.28. The second kappa shape index (κ2) is 5.07. The van der Waals surface area contributed by atoms with Crippen molar-refractivity contribution in [1.29, 1.82) is 0 Å². The van der Waals surface area contributed by atoms with Gasteiger partial charge in [0.25, 0.3) is 0 Å². The van der Waals surface area contributed by atoms with Gasteiger partial charge in [-0.15, -0.1) is 0 Å². The summed E-state index contributed by atoms with van der Waals surface area (Å²) < 4.78 is 14.7. The molecule has 0 aliphatic carbocycles. The second-order valence-electron chi connectivity index (χ2n) is 3.60. The Morgan fingerprint density at radius 1 is 1.38 bits per heavy atom. The molecule has 0 heterocycles. The van der Waals surface area contributed by atoms with Crippen LogP contribution in [-0.4, -0.2) is 24.7 Å². The lowest BCUT2D eigenvalue weighted by molar-refractivity contribution is -0.166. The van der Waals surface area contributed by atoms with Crippen LogP contribution in [0.5, 0.6) is 0 Å². The molecule has 0 saturated heterocycles. The van der Waals surface area contributed by atoms with Gasteiger partial charge >= 0.3 is 6.16 Å². The molecule has 0 N–H and O–H groups in total. The third-order valence-electron chi connectivity index (χ3n) is 1.04. The maximum absolute atomic E-state index is 10.8. The monoisotopic (exact) mass is 190 g/mol. The van der Waals surface area contributed by atoms with E-state index in [9.17, 15) is 4.79 Å². The molecule has 4 heteroatoms. The van der Waals surface area contributed by atoms with Crippen molar-refractivity contribution in [3.05, 3.63) is 0 Å². The highest BCUT2D eigenvalue weighted by Crippen LogP contribution is 2.11. The molecule has 0 aromatic heterocycles. The van der Waals surface area contributed by atoms with Gasteiger partial charge in [-0.25, -0.2) is 4.79 Å². The lowest BCUT2D eigenvalue weighted by Crippen LogP contribution is -2.29. The van der Waals surface area contributed by atoms with E-state index in [1.54, 1.807) is 13.8 Å². The van der Waals surface area contributed by atoms with Crippen LogP contribution in [0.3, 0.4) is 0 Å². The predicted octanol–water partition coefficient (Wildman–Crippen LogP) is 2.32. The van der Waals surface area contributed by atoms with Crippen molar-refractivity contribution in [3.8, 4) is 0 Å². The smallest absolute Gasteiger partial charge is 0.435 e. The largest absolute Gasteiger partial charge is 0.510 e. The molecule has 0 aliphatic rings. The summed E-state index contributed by atoms with van der Waals surface area (Å²) in [7, 11) is 0. The molecule has 78 valence electrons. The Hall–Kier alpha value is -0.770. The van der Waals surface area contributed by atoms with E-state index >= 15 is 0 Å². The highest BCUT2D eigenvalue weighted by molar-refractivity contribution is 5.59. The average molecular weight is 190 g/mol. The number of hydrogen-bond donors (Lipinski definition) is 0. The molecule has 0 aromatic carbocycles. The van der Waals surface area contributed by atoms with Crippen LogP contribution in [0.15, 0.2) is 0 Å². The minimum absolute atomic E-state index is 0.307. The molecule has 0 amide bonds. The van der Waals surface area contributed by atoms with Crippen molar-refractivity contribution in [1.82, 2.24) is 0 Å². The van der Waals surface area contributed by atoms with Gasteiger partial charge in [0.2, 0.25) is 6.29 Å². The molecular formula is C9H18O4. The molecule has 0 fully saturated rings. The predicted molar refractivity (Wildman–Crippen MR) is 48.4 cm³/mol. The van der Waals surface area contributed by atoms with Gasteiger partial charge in [-0.3, -0.25) is 0 Å². The summed E-state index contributed by atoms with van der Waals surface area (Å²) >= 11 is 0. The van der Waals surface area contributed by atoms with Crippen molar-refractivity contribution in [2.24, 2.45) is 0 Å². The van der Waals surface area contributed by atoms with E-state index in [0.29, 0.717) is 6.61 Å². The zero-order chi connectivity index (χ0) is 10.5. The van der Waals surface area contributed by atoms with Crippen LogP contribution in [0.2, 0.25) is 0 Å². The molecule has 0 bridgehead atoms. The maximum atomic E-state index is 10.8. The highest BCUT2D eigenvalue weighted by atomic mass is 16.8. The fourth-order valence-corrected chi connectivity index (χ4v) is 0.809. The minimum Gasteiger partial charge on any atom is -0.435 e. The summed E-state index contributed by atoms with van der Waals surface area (Å²) in [6.45, 7) is 9.34. The zero-order valence-corrected chi connectivity index (χ0v) is 8.92. The molecule has 1 atom stereocenters. The van der Waals surface area contributed by atoms with Crippen molar-refractivity contribution in [2.75, 3.05) is 6.61 Å². The molecule has 0 radical (unpaired) electrons. The molecule has 13 heavy (non-hydrogen) atoms. The zero-order valence-electron chi connectivity index (χ0n) is 8.92. The van der Waals surface area contributed by atoms with E-state index in [4.69, 9.17) is 9.47 Å². The third-order valence-corrected chi connectivity index (χ3v) is 1.04. The van der Waals surface area contributed by atoms with Gasteiger partial charge in [-0.1, -0.05) is 0 Å². The van der Waals surface area contributed by atoms with Gasteiger partial charge in [0, 0.05) is 0 Å². The number of carbonyl (C=O) groups is 1. The van der Waals surface area contributed by atoms with Crippen LogP contribution in [0.4, 0.5) is 4.79 Å². The Balaban J connectivity index is 3.74. The fourth-order valence-electron chi connectivity index (χ4n) is 0.809. The van der Waals surface area contributed by atoms with Gasteiger partial charge in [0.05, 0.1) is 12.2 Å². The van der Waals surface area contributed by atoms with Gasteiger partial charge in [-0.05, 0) is 34.6 Å². The summed E-state index contributed by atoms with van der Waals surface area (Å²) in [5.41, 5.74) is -0.327. The van der Waals surface area contributed by atoms with E-state index in [1.807, 2.05) is 20.8 Å². The van der Waals surface area contributed by atoms with Crippen LogP contribution in [0, 0.1) is 0 Å². The first-order chi connectivity index (χ1) is 5.85. The Morgan fingerprint density at radius 2 is 1.92 bits per heavy atom. The first-order valence-corrected chi connectivity index (χ1v) is 4.36. The van der Waals surface area contributed by atoms with Crippen LogP contribution >= 0.6 is 0 Å². The normalized spacial score (nSPS) is 13.6. The van der Waals surface area contributed by atoms with Crippen molar-refractivity contribution in [2.45, 2.75) is 46.5 Å². The van der Waals surface area contributed by atoms with Crippen LogP contribution < -0.4 is 0 Å². The molecule has 0 spiro atoms. The van der Waals surface area contributed by atoms with Gasteiger partial charge in [0.1, 0.15) is 0 Å². The first kappa shape index (κ1) is 12.2. The molecule has 0 saturated carbocycles. The number of carbonyl (C=O) groups excluding carboxylic acids is 1. The third kappa shape index (κ3) is 7.59. The molecule has 0 rings (SSSR count). The van der Waals surface area contributed by atoms with Crippen molar-refractivity contribution in [3.63, 3.8) is 0 Å². The topological polar surface area (TPSA) is 44.8 Å². The van der Waals surface area contributed by atoms with Crippen molar-refractivity contribution < 1.29 is 19.0 Å². The van der Waals surface area contributed by atoms with Gasteiger partial charge in [0.15, 0.2) is 0 Å². The Morgan fingerprint density at radius 3 is 2.31 bits per heavy atom. The Kier molecular flexibility index (Phi) is 4.77. The molecule has 0 aliphatic heterocycles. The average Bonchev–Trinajstić information content (AvgIpc) is 1.81. The maximum Gasteiger partial charge on any atom is 0.510 e. The summed E-state index contributed by atoms with van der Waals surface area (Å²) in [5, 5.41) is 0. The summed E-state index contributed by atoms with van der Waals surface area (Å²) in [4.78, 5) is 10.8. The van der Waals surface area contributed by atoms with Gasteiger partial charge in [-0.2, -0.15) is 0 Å². The number of ether oxygens (including phenoxy) is 3. The number of hydrogen-bond acceptors (Lipinski definition) is 4. The molecule has 1 unspecified atom stereocenters. The van der Waals surface area contributed by atoms with Crippen LogP contribution in [0.25, 0.3) is 0 Å². The lowest BCUT2D eigenvalue weighted by Gasteiger charge is -2.24. The second-order valence-corrected chi connectivity index (χ2v) is 3.60. The number of rotatable bonds is 3. The highest BCUT2D eigenvalue weighted by Gasteiger charge is 2.18. The quantitative estimate of drug-likeness (QED) is 0.506. The standard InChI is InChI=1S/C9H18O4/c1-6-11-8(10)12-7(2)13-9(3,4)5/h7H,6H2,1-5H3. The van der Waals surface area contributed by atoms with Crippen molar-refractivity contribution >= 4 is 6.16 Å². The fraction of sp³-hybridized carbons (Fsp3) is 0.889. The molecule has 4 nitrogen and oxygen atoms in total. The van der Waals surface area contributed by atoms with E-state index in [0.717, 1.165) is 0 Å². The summed E-state index contributed by atoms with van der Waals surface area (Å²) in [6, 6.07) is 0. The lowest BCUT2D eigenvalue weighted by atomic mass is 10.2. The summed E-state index contributed by atoms with van der Waals surface area (Å²) in [5.74, 6) is 0. The van der Waals surface area contributed by atoms with Gasteiger partial charge < -0.3 is 14.2 Å². The minimum atomic E-state index is -0.695. The van der Waals surface area contributed by atoms with E-state index in [-0.39, 0.29) is 5.60 Å². The molecule has 0 aromatic rings. The Bertz CT molecular complexity index is 159. The van der Waals surface area contributed by atoms with E-state index < -0.39 is 12.4 Å². The van der Waals surface area contributed by atoms with E-state index in [2.05, 4.69) is 4.74 Å². The Labute approximate surface area is 79.2 Å². The van der Waals surface area contributed by atoms with Crippen LogP contribution in [-0.2, 0) is 14.2 Å². The van der Waals surface area contributed by atoms with E-state index in [1.165, 1.54) is 0 Å². The molecular weight excluding hydrogens is 172 g/mol. The SMILES string of the molecule is CCOC(=O)OC(C)OC(C)(C)C. The first-order valence-electron chi connectivity index (χ1n) is 4.36. The van der Waals surface area contributed by atoms with Crippen LogP contribution in [0.1, 0.15) is 34.6 Å².